The zero-order valence-electron chi connectivity index (χ0n) is 13.2. The quantitative estimate of drug-likeness (QED) is 0.743. The van der Waals surface area contributed by atoms with Gasteiger partial charge >= 0.3 is 0 Å². The molecule has 0 aliphatic carbocycles. The molecule has 1 radical (unpaired) electrons. The smallest absolute Gasteiger partial charge is 0.153 e. The van der Waals surface area contributed by atoms with Gasteiger partial charge in [0, 0.05) is 65.2 Å². The first-order valence-corrected chi connectivity index (χ1v) is 6.92. The first kappa shape index (κ1) is 17.9. The van der Waals surface area contributed by atoms with E-state index in [0.717, 1.165) is 29.1 Å². The third-order valence-electron chi connectivity index (χ3n) is 3.83. The summed E-state index contributed by atoms with van der Waals surface area (Å²) >= 11 is 0. The molecule has 1 aliphatic heterocycles. The van der Waals surface area contributed by atoms with Gasteiger partial charge in [-0.25, -0.2) is 0 Å². The second-order valence-corrected chi connectivity index (χ2v) is 5.22. The van der Waals surface area contributed by atoms with Crippen LogP contribution in [0.15, 0.2) is 0 Å². The summed E-state index contributed by atoms with van der Waals surface area (Å²) in [5.74, 6) is 0.826. The zero-order chi connectivity index (χ0) is 15.0. The van der Waals surface area contributed by atoms with E-state index in [1.54, 1.807) is 14.2 Å². The molecular formula is C14H19N4O3Y-. The van der Waals surface area contributed by atoms with E-state index in [9.17, 15) is 0 Å². The van der Waals surface area contributed by atoms with E-state index < -0.39 is 0 Å². The molecule has 3 atom stereocenters. The molecule has 3 heterocycles. The van der Waals surface area contributed by atoms with Crippen LogP contribution < -0.4 is 0 Å². The molecule has 1 saturated heterocycles. The summed E-state index contributed by atoms with van der Waals surface area (Å²) in [6.07, 6.45) is 3.14. The molecule has 0 saturated carbocycles. The monoisotopic (exact) mass is 380 g/mol. The normalized spacial score (nSPS) is 24.6. The van der Waals surface area contributed by atoms with Gasteiger partial charge in [0.15, 0.2) is 6.23 Å². The maximum absolute atomic E-state index is 6.08. The van der Waals surface area contributed by atoms with Gasteiger partial charge in [-0.15, -0.1) is 0 Å². The zero-order valence-corrected chi connectivity index (χ0v) is 16.1. The first-order chi connectivity index (χ1) is 10.2. The summed E-state index contributed by atoms with van der Waals surface area (Å²) < 4.78 is 18.8. The summed E-state index contributed by atoms with van der Waals surface area (Å²) in [7, 11) is 3.36. The Hall–Kier alpha value is -0.466. The van der Waals surface area contributed by atoms with E-state index in [1.165, 1.54) is 0 Å². The van der Waals surface area contributed by atoms with E-state index in [-0.39, 0.29) is 51.1 Å². The van der Waals surface area contributed by atoms with Crippen LogP contribution in [0.2, 0.25) is 0 Å². The van der Waals surface area contributed by atoms with E-state index in [0.29, 0.717) is 6.61 Å². The van der Waals surface area contributed by atoms with Crippen LogP contribution in [0.5, 0.6) is 0 Å². The predicted octanol–water partition coefficient (Wildman–Crippen LogP) is 1.19. The number of aryl methyl sites for hydroxylation is 2. The minimum Gasteiger partial charge on any atom is -0.382 e. The Balaban J connectivity index is 0.00000176. The number of nitrogens with zero attached hydrogens (tertiary/aromatic N) is 4. The minimum atomic E-state index is -0.261. The predicted molar refractivity (Wildman–Crippen MR) is 74.8 cm³/mol. The molecule has 2 aromatic heterocycles. The third-order valence-corrected chi connectivity index (χ3v) is 3.83. The molecule has 1 aliphatic rings. The molecule has 22 heavy (non-hydrogen) atoms. The van der Waals surface area contributed by atoms with Crippen molar-refractivity contribution >= 4 is 11.2 Å². The maximum Gasteiger partial charge on any atom is 0.153 e. The Morgan fingerprint density at radius 2 is 2.09 bits per heavy atom. The summed E-state index contributed by atoms with van der Waals surface area (Å²) in [6.45, 7) is 4.37. The van der Waals surface area contributed by atoms with Crippen LogP contribution in [0, 0.1) is 20.2 Å². The minimum absolute atomic E-state index is 0. The first-order valence-electron chi connectivity index (χ1n) is 6.92. The second-order valence-electron chi connectivity index (χ2n) is 5.22. The largest absolute Gasteiger partial charge is 0.382 e. The fourth-order valence-electron chi connectivity index (χ4n) is 2.84. The number of hydrogen-bond donors (Lipinski definition) is 0. The average Bonchev–Trinajstić information content (AvgIpc) is 3.00. The van der Waals surface area contributed by atoms with E-state index in [1.807, 2.05) is 18.4 Å². The topological polar surface area (TPSA) is 71.3 Å². The van der Waals surface area contributed by atoms with Crippen molar-refractivity contribution in [1.82, 2.24) is 19.5 Å². The van der Waals surface area contributed by atoms with E-state index in [4.69, 9.17) is 14.2 Å². The van der Waals surface area contributed by atoms with Crippen molar-refractivity contribution in [2.45, 2.75) is 38.7 Å². The summed E-state index contributed by atoms with van der Waals surface area (Å²) in [5.41, 5.74) is 2.31. The molecule has 3 rings (SSSR count). The van der Waals surface area contributed by atoms with Gasteiger partial charge in [-0.2, -0.15) is 0 Å². The molecule has 1 unspecified atom stereocenters. The summed E-state index contributed by atoms with van der Waals surface area (Å²) in [5, 5.41) is 0. The molecule has 0 bridgehead atoms. The molecule has 0 amide bonds. The number of imidazole rings is 1. The standard InChI is InChI=1S/C14H19N4O3.Y/c1-8-12-13(16-7-15-8)18(9(2)17-12)14-11(20-4)5-10(21-14)6-19-3;/h10-11,14H,5-6H2,1-4H3;/q-1;/t10-,11?,14+;/m0./s1. The molecule has 117 valence electrons. The Labute approximate surface area is 154 Å². The number of aromatic nitrogens is 4. The average molecular weight is 380 g/mol. The third kappa shape index (κ3) is 3.10. The fourth-order valence-corrected chi connectivity index (χ4v) is 2.84. The molecule has 0 aromatic carbocycles. The van der Waals surface area contributed by atoms with Crippen molar-refractivity contribution in [2.24, 2.45) is 0 Å². The van der Waals surface area contributed by atoms with Gasteiger partial charge in [0.2, 0.25) is 0 Å². The number of hydrogen-bond acceptors (Lipinski definition) is 6. The number of rotatable bonds is 4. The van der Waals surface area contributed by atoms with Crippen molar-refractivity contribution in [1.29, 1.82) is 0 Å². The fraction of sp³-hybridized carbons (Fsp3) is 0.643. The van der Waals surface area contributed by atoms with Gasteiger partial charge in [-0.3, -0.25) is 4.98 Å². The van der Waals surface area contributed by atoms with Gasteiger partial charge in [0.25, 0.3) is 0 Å². The Kier molecular flexibility index (Phi) is 6.02. The molecule has 1 fully saturated rings. The van der Waals surface area contributed by atoms with Crippen molar-refractivity contribution in [3.8, 4) is 0 Å². The SMILES string of the molecule is COC[C@@H]1CC(OC)[C@H](n2c(C)nc3c(C)n[c-]nc32)O1.[Y]. The number of ether oxygens (including phenoxy) is 3. The number of methoxy groups -OCH3 is 2. The Morgan fingerprint density at radius 1 is 1.32 bits per heavy atom. The van der Waals surface area contributed by atoms with E-state index in [2.05, 4.69) is 21.3 Å². The van der Waals surface area contributed by atoms with Crippen LogP contribution >= 0.6 is 0 Å². The molecule has 0 N–H and O–H groups in total. The van der Waals surface area contributed by atoms with Crippen LogP contribution in [0.25, 0.3) is 11.2 Å². The van der Waals surface area contributed by atoms with Gasteiger partial charge in [-0.05, 0) is 12.6 Å². The van der Waals surface area contributed by atoms with Crippen LogP contribution in [-0.2, 0) is 46.9 Å². The van der Waals surface area contributed by atoms with Crippen molar-refractivity contribution in [3.63, 3.8) is 0 Å². The molecular weight excluding hydrogens is 361 g/mol. The van der Waals surface area contributed by atoms with Crippen molar-refractivity contribution in [3.05, 3.63) is 17.8 Å². The van der Waals surface area contributed by atoms with Crippen LogP contribution in [0.4, 0.5) is 0 Å². The molecule has 7 nitrogen and oxygen atoms in total. The van der Waals surface area contributed by atoms with E-state index >= 15 is 0 Å². The van der Waals surface area contributed by atoms with Gasteiger partial charge in [-0.1, -0.05) is 6.92 Å². The van der Waals surface area contributed by atoms with Crippen LogP contribution in [-0.4, -0.2) is 52.6 Å². The Morgan fingerprint density at radius 3 is 2.77 bits per heavy atom. The van der Waals surface area contributed by atoms with Gasteiger partial charge < -0.3 is 28.7 Å². The molecule has 0 spiro atoms. The molecule has 8 heteroatoms. The Bertz CT molecular complexity index is 648. The molecule has 2 aromatic rings. The summed E-state index contributed by atoms with van der Waals surface area (Å²) in [4.78, 5) is 12.9. The van der Waals surface area contributed by atoms with Crippen molar-refractivity contribution < 1.29 is 46.9 Å². The van der Waals surface area contributed by atoms with Crippen LogP contribution in [0.3, 0.4) is 0 Å². The summed E-state index contributed by atoms with van der Waals surface area (Å²) in [6, 6.07) is 0. The van der Waals surface area contributed by atoms with Crippen LogP contribution in [0.1, 0.15) is 24.2 Å². The second kappa shape index (κ2) is 7.40. The van der Waals surface area contributed by atoms with Gasteiger partial charge in [0.1, 0.15) is 6.10 Å². The van der Waals surface area contributed by atoms with Crippen molar-refractivity contribution in [2.75, 3.05) is 20.8 Å². The number of fused-ring (bicyclic) bond motifs is 1. The van der Waals surface area contributed by atoms with Gasteiger partial charge in [0.05, 0.1) is 24.2 Å². The maximum atomic E-state index is 6.08.